The lowest BCUT2D eigenvalue weighted by Crippen LogP contribution is -2.46. The number of likely N-dealkylation sites (tertiary alicyclic amines) is 1. The number of hydrogen-bond acceptors (Lipinski definition) is 4. The van der Waals surface area contributed by atoms with Crippen molar-refractivity contribution < 1.29 is 9.59 Å². The van der Waals surface area contributed by atoms with Gasteiger partial charge in [0.25, 0.3) is 5.91 Å². The molecule has 0 spiro atoms. The lowest BCUT2D eigenvalue weighted by atomic mass is 9.96. The van der Waals surface area contributed by atoms with Gasteiger partial charge in [0.05, 0.1) is 5.92 Å². The van der Waals surface area contributed by atoms with Gasteiger partial charge in [-0.25, -0.2) is 0 Å². The molecule has 1 N–H and O–H groups in total. The number of piperidine rings is 1. The van der Waals surface area contributed by atoms with Crippen molar-refractivity contribution in [2.24, 2.45) is 5.92 Å². The summed E-state index contributed by atoms with van der Waals surface area (Å²) in [7, 11) is 3.69. The Morgan fingerprint density at radius 1 is 1.33 bits per heavy atom. The van der Waals surface area contributed by atoms with Gasteiger partial charge in [-0.05, 0) is 32.0 Å². The van der Waals surface area contributed by atoms with Crippen LogP contribution in [0.4, 0.5) is 0 Å². The quantitative estimate of drug-likeness (QED) is 0.844. The van der Waals surface area contributed by atoms with E-state index in [4.69, 9.17) is 0 Å². The summed E-state index contributed by atoms with van der Waals surface area (Å²) in [5, 5.41) is 3.04. The predicted octanol–water partition coefficient (Wildman–Crippen LogP) is 1.46. The molecule has 1 aliphatic rings. The predicted molar refractivity (Wildman–Crippen MR) is 98.9 cm³/mol. The summed E-state index contributed by atoms with van der Waals surface area (Å²) in [6.07, 6.45) is 4.95. The topological polar surface area (TPSA) is 65.5 Å². The second kappa shape index (κ2) is 11.2. The maximum absolute atomic E-state index is 12.5. The largest absolute Gasteiger partial charge is 0.344 e. The van der Waals surface area contributed by atoms with Crippen LogP contribution in [0.15, 0.2) is 24.5 Å². The van der Waals surface area contributed by atoms with E-state index < -0.39 is 0 Å². The third-order valence-electron chi connectivity index (χ3n) is 4.06. The van der Waals surface area contributed by atoms with Gasteiger partial charge in [0.2, 0.25) is 5.91 Å². The molecule has 0 aromatic carbocycles. The number of aromatic nitrogens is 1. The number of carbonyl (C=O) groups is 2. The van der Waals surface area contributed by atoms with Crippen LogP contribution in [0.1, 0.15) is 23.2 Å². The first-order valence-corrected chi connectivity index (χ1v) is 7.72. The van der Waals surface area contributed by atoms with Crippen LogP contribution >= 0.6 is 24.8 Å². The number of halogens is 2. The summed E-state index contributed by atoms with van der Waals surface area (Å²) in [6.45, 7) is 2.67. The van der Waals surface area contributed by atoms with Crippen molar-refractivity contribution in [2.75, 3.05) is 40.3 Å². The molecule has 6 nitrogen and oxygen atoms in total. The molecule has 0 saturated carbocycles. The summed E-state index contributed by atoms with van der Waals surface area (Å²) >= 11 is 0. The van der Waals surface area contributed by atoms with Crippen LogP contribution in [-0.4, -0.2) is 66.9 Å². The van der Waals surface area contributed by atoms with Crippen molar-refractivity contribution in [1.29, 1.82) is 0 Å². The second-order valence-electron chi connectivity index (χ2n) is 5.69. The van der Waals surface area contributed by atoms with Gasteiger partial charge < -0.3 is 15.1 Å². The molecule has 1 aromatic rings. The molecule has 1 unspecified atom stereocenters. The normalized spacial score (nSPS) is 16.6. The Balaban J connectivity index is 0.00000264. The van der Waals surface area contributed by atoms with Crippen LogP contribution < -0.4 is 5.32 Å². The fourth-order valence-corrected chi connectivity index (χ4v) is 2.74. The summed E-state index contributed by atoms with van der Waals surface area (Å²) in [4.78, 5) is 32.4. The first-order valence-electron chi connectivity index (χ1n) is 7.72. The smallest absolute Gasteiger partial charge is 0.253 e. The number of amides is 2. The number of rotatable bonds is 5. The standard InChI is InChI=1S/C16H24N4O2.2ClH/c1-17-9-11-19(2)15(21)14-4-3-10-20(12-14)16(22)13-5-7-18-8-6-13;;/h5-8,14,17H,3-4,9-12H2,1-2H3;2*1H. The molecule has 1 fully saturated rings. The molecule has 2 amide bonds. The minimum absolute atomic E-state index is 0. The van der Waals surface area contributed by atoms with Gasteiger partial charge in [0.15, 0.2) is 0 Å². The molecule has 1 saturated heterocycles. The average molecular weight is 377 g/mol. The molecular weight excluding hydrogens is 351 g/mol. The van der Waals surface area contributed by atoms with Gasteiger partial charge in [0.1, 0.15) is 0 Å². The SMILES string of the molecule is CNCCN(C)C(=O)C1CCCN(C(=O)c2ccncc2)C1.Cl.Cl. The Hall–Kier alpha value is -1.37. The molecular formula is C16H26Cl2N4O2. The minimum Gasteiger partial charge on any atom is -0.344 e. The van der Waals surface area contributed by atoms with Gasteiger partial charge in [-0.3, -0.25) is 14.6 Å². The Morgan fingerprint density at radius 2 is 2.00 bits per heavy atom. The highest BCUT2D eigenvalue weighted by Crippen LogP contribution is 2.20. The average Bonchev–Trinajstić information content (AvgIpc) is 2.59. The van der Waals surface area contributed by atoms with Crippen molar-refractivity contribution >= 4 is 36.6 Å². The van der Waals surface area contributed by atoms with E-state index in [1.807, 2.05) is 14.1 Å². The maximum atomic E-state index is 12.5. The molecule has 0 radical (unpaired) electrons. The third-order valence-corrected chi connectivity index (χ3v) is 4.06. The molecule has 136 valence electrons. The molecule has 8 heteroatoms. The molecule has 2 heterocycles. The first kappa shape index (κ1) is 22.6. The van der Waals surface area contributed by atoms with E-state index in [0.29, 0.717) is 25.2 Å². The van der Waals surface area contributed by atoms with Gasteiger partial charge in [-0.2, -0.15) is 0 Å². The zero-order valence-electron chi connectivity index (χ0n) is 14.1. The second-order valence-corrected chi connectivity index (χ2v) is 5.69. The van der Waals surface area contributed by atoms with Crippen molar-refractivity contribution in [2.45, 2.75) is 12.8 Å². The van der Waals surface area contributed by atoms with Crippen molar-refractivity contribution in [3.8, 4) is 0 Å². The Bertz CT molecular complexity index is 516. The van der Waals surface area contributed by atoms with Gasteiger partial charge in [-0.1, -0.05) is 0 Å². The van der Waals surface area contributed by atoms with E-state index in [2.05, 4.69) is 10.3 Å². The Labute approximate surface area is 155 Å². The summed E-state index contributed by atoms with van der Waals surface area (Å²) in [5.41, 5.74) is 0.631. The van der Waals surface area contributed by atoms with E-state index >= 15 is 0 Å². The van der Waals surface area contributed by atoms with Crippen LogP contribution in [0.5, 0.6) is 0 Å². The van der Waals surface area contributed by atoms with Gasteiger partial charge in [0, 0.05) is 51.2 Å². The zero-order chi connectivity index (χ0) is 15.9. The Kier molecular flexibility index (Phi) is 10.6. The van der Waals surface area contributed by atoms with Crippen LogP contribution in [0.25, 0.3) is 0 Å². The van der Waals surface area contributed by atoms with Gasteiger partial charge >= 0.3 is 0 Å². The summed E-state index contributed by atoms with van der Waals surface area (Å²) in [6, 6.07) is 3.43. The van der Waals surface area contributed by atoms with Gasteiger partial charge in [-0.15, -0.1) is 24.8 Å². The number of nitrogens with zero attached hydrogens (tertiary/aromatic N) is 3. The Morgan fingerprint density at radius 3 is 2.62 bits per heavy atom. The molecule has 2 rings (SSSR count). The molecule has 1 aromatic heterocycles. The number of pyridine rings is 1. The van der Waals surface area contributed by atoms with Crippen LogP contribution in [0.3, 0.4) is 0 Å². The molecule has 24 heavy (non-hydrogen) atoms. The number of carbonyl (C=O) groups excluding carboxylic acids is 2. The van der Waals surface area contributed by atoms with E-state index in [1.165, 1.54) is 0 Å². The van der Waals surface area contributed by atoms with Crippen molar-refractivity contribution in [1.82, 2.24) is 20.1 Å². The number of nitrogens with one attached hydrogen (secondary N) is 1. The summed E-state index contributed by atoms with van der Waals surface area (Å²) in [5.74, 6) is 0.0154. The lowest BCUT2D eigenvalue weighted by molar-refractivity contribution is -0.135. The maximum Gasteiger partial charge on any atom is 0.253 e. The summed E-state index contributed by atoms with van der Waals surface area (Å²) < 4.78 is 0. The highest BCUT2D eigenvalue weighted by molar-refractivity contribution is 5.94. The fraction of sp³-hybridized carbons (Fsp3) is 0.562. The fourth-order valence-electron chi connectivity index (χ4n) is 2.74. The van der Waals surface area contributed by atoms with Crippen LogP contribution in [0, 0.1) is 5.92 Å². The van der Waals surface area contributed by atoms with E-state index in [9.17, 15) is 9.59 Å². The third kappa shape index (κ3) is 5.92. The lowest BCUT2D eigenvalue weighted by Gasteiger charge is -2.34. The van der Waals surface area contributed by atoms with Crippen LogP contribution in [0.2, 0.25) is 0 Å². The molecule has 0 aliphatic carbocycles. The van der Waals surface area contributed by atoms with Crippen LogP contribution in [-0.2, 0) is 4.79 Å². The van der Waals surface area contributed by atoms with Crippen molar-refractivity contribution in [3.05, 3.63) is 30.1 Å². The number of hydrogen-bond donors (Lipinski definition) is 1. The monoisotopic (exact) mass is 376 g/mol. The first-order chi connectivity index (χ1) is 10.6. The minimum atomic E-state index is -0.0959. The zero-order valence-corrected chi connectivity index (χ0v) is 15.7. The van der Waals surface area contributed by atoms with E-state index in [0.717, 1.165) is 19.4 Å². The number of likely N-dealkylation sites (N-methyl/N-ethyl adjacent to an activating group) is 2. The van der Waals surface area contributed by atoms with E-state index in [1.54, 1.807) is 34.3 Å². The highest BCUT2D eigenvalue weighted by atomic mass is 35.5. The molecule has 0 bridgehead atoms. The highest BCUT2D eigenvalue weighted by Gasteiger charge is 2.30. The molecule has 1 atom stereocenters. The van der Waals surface area contributed by atoms with Crippen molar-refractivity contribution in [3.63, 3.8) is 0 Å². The molecule has 1 aliphatic heterocycles. The van der Waals surface area contributed by atoms with E-state index in [-0.39, 0.29) is 42.5 Å².